The first-order valence-electron chi connectivity index (χ1n) is 10.4. The monoisotopic (exact) mass is 421 g/mol. The highest BCUT2D eigenvalue weighted by Gasteiger charge is 2.39. The van der Waals surface area contributed by atoms with Gasteiger partial charge in [0.25, 0.3) is 0 Å². The fraction of sp³-hybridized carbons (Fsp3) is 0.522. The zero-order chi connectivity index (χ0) is 21.9. The number of allylic oxidation sites excluding steroid dienone is 2. The number of unbranched alkanes of at least 4 members (excludes halogenated alkanes) is 1. The predicted octanol–water partition coefficient (Wildman–Crippen LogP) is 2.34. The molecule has 1 aliphatic rings. The summed E-state index contributed by atoms with van der Waals surface area (Å²) in [7, 11) is 1.61. The van der Waals surface area contributed by atoms with Crippen LogP contribution in [0.1, 0.15) is 32.1 Å². The Kier molecular flexibility index (Phi) is 10.00. The van der Waals surface area contributed by atoms with Crippen LogP contribution in [0, 0.1) is 17.7 Å². The van der Waals surface area contributed by atoms with Gasteiger partial charge in [0.05, 0.1) is 12.2 Å². The molecule has 6 nitrogen and oxygen atoms in total. The number of rotatable bonds is 11. The Bertz CT molecular complexity index is 723. The Labute approximate surface area is 177 Å². The van der Waals surface area contributed by atoms with Crippen molar-refractivity contribution >= 4 is 5.91 Å². The lowest BCUT2D eigenvalue weighted by atomic mass is 9.89. The zero-order valence-corrected chi connectivity index (χ0v) is 17.3. The van der Waals surface area contributed by atoms with Crippen LogP contribution < -0.4 is 10.1 Å². The van der Waals surface area contributed by atoms with Gasteiger partial charge in [0.15, 0.2) is 0 Å². The van der Waals surface area contributed by atoms with E-state index in [1.807, 2.05) is 12.2 Å². The molecule has 0 aliphatic heterocycles. The molecule has 0 saturated heterocycles. The van der Waals surface area contributed by atoms with Crippen LogP contribution in [0.25, 0.3) is 0 Å². The first kappa shape index (κ1) is 24.1. The van der Waals surface area contributed by atoms with Crippen molar-refractivity contribution in [3.8, 4) is 5.75 Å². The van der Waals surface area contributed by atoms with Gasteiger partial charge in [0, 0.05) is 31.9 Å². The van der Waals surface area contributed by atoms with E-state index in [-0.39, 0.29) is 24.3 Å². The summed E-state index contributed by atoms with van der Waals surface area (Å²) in [5, 5.41) is 33.3. The van der Waals surface area contributed by atoms with Crippen molar-refractivity contribution in [2.45, 2.75) is 50.4 Å². The second kappa shape index (κ2) is 12.5. The van der Waals surface area contributed by atoms with Crippen LogP contribution >= 0.6 is 0 Å². The number of hydrogen-bond donors (Lipinski definition) is 4. The minimum absolute atomic E-state index is 0.0166. The van der Waals surface area contributed by atoms with Crippen LogP contribution in [0.15, 0.2) is 48.6 Å². The smallest absolute Gasteiger partial charge is 0.219 e. The van der Waals surface area contributed by atoms with Gasteiger partial charge in [0.1, 0.15) is 24.3 Å². The number of aliphatic hydroxyl groups is 3. The second-order valence-corrected chi connectivity index (χ2v) is 7.60. The van der Waals surface area contributed by atoms with Crippen molar-refractivity contribution in [1.29, 1.82) is 0 Å². The Morgan fingerprint density at radius 2 is 2.13 bits per heavy atom. The summed E-state index contributed by atoms with van der Waals surface area (Å²) in [6.45, 7) is -0.0404. The minimum atomic E-state index is -0.917. The molecular formula is C23H32FNO5. The number of amides is 1. The molecule has 0 radical (unpaired) electrons. The maximum Gasteiger partial charge on any atom is 0.219 e. The highest BCUT2D eigenvalue weighted by Crippen LogP contribution is 2.36. The molecule has 4 N–H and O–H groups in total. The largest absolute Gasteiger partial charge is 0.490 e. The van der Waals surface area contributed by atoms with Crippen molar-refractivity contribution in [3.05, 3.63) is 54.4 Å². The normalized spacial score (nSPS) is 25.1. The molecule has 0 heterocycles. The van der Waals surface area contributed by atoms with Crippen LogP contribution in [0.4, 0.5) is 4.39 Å². The minimum Gasteiger partial charge on any atom is -0.490 e. The molecule has 1 saturated carbocycles. The van der Waals surface area contributed by atoms with Gasteiger partial charge in [-0.05, 0) is 37.3 Å². The SMILES string of the molecule is CNC(=O)CCCC=CCC1C(O)CC(O)C1C=CC(O)COc1cccc(F)c1. The topological polar surface area (TPSA) is 99.0 Å². The van der Waals surface area contributed by atoms with Gasteiger partial charge in [-0.25, -0.2) is 4.39 Å². The van der Waals surface area contributed by atoms with Crippen LogP contribution in [-0.4, -0.2) is 53.2 Å². The van der Waals surface area contributed by atoms with Crippen LogP contribution in [-0.2, 0) is 4.79 Å². The quantitative estimate of drug-likeness (QED) is 0.325. The predicted molar refractivity (Wildman–Crippen MR) is 112 cm³/mol. The fourth-order valence-corrected chi connectivity index (χ4v) is 3.63. The van der Waals surface area contributed by atoms with Crippen LogP contribution in [0.5, 0.6) is 5.75 Å². The number of benzene rings is 1. The molecule has 5 unspecified atom stereocenters. The molecule has 1 fully saturated rings. The lowest BCUT2D eigenvalue weighted by Gasteiger charge is -2.19. The van der Waals surface area contributed by atoms with E-state index in [1.54, 1.807) is 25.3 Å². The van der Waals surface area contributed by atoms with E-state index in [4.69, 9.17) is 4.74 Å². The highest BCUT2D eigenvalue weighted by atomic mass is 19.1. The molecule has 5 atom stereocenters. The summed E-state index contributed by atoms with van der Waals surface area (Å²) in [6.07, 6.45) is 7.92. The molecule has 0 bridgehead atoms. The van der Waals surface area contributed by atoms with E-state index >= 15 is 0 Å². The molecule has 1 aliphatic carbocycles. The summed E-state index contributed by atoms with van der Waals surface area (Å²) >= 11 is 0. The van der Waals surface area contributed by atoms with Crippen molar-refractivity contribution < 1.29 is 29.2 Å². The molecular weight excluding hydrogens is 389 g/mol. The number of nitrogens with one attached hydrogen (secondary N) is 1. The first-order chi connectivity index (χ1) is 14.4. The van der Waals surface area contributed by atoms with Gasteiger partial charge in [-0.2, -0.15) is 0 Å². The van der Waals surface area contributed by atoms with Gasteiger partial charge < -0.3 is 25.4 Å². The number of carbonyl (C=O) groups excluding carboxylic acids is 1. The third-order valence-corrected chi connectivity index (χ3v) is 5.32. The lowest BCUT2D eigenvalue weighted by molar-refractivity contribution is -0.120. The number of ether oxygens (including phenoxy) is 1. The molecule has 1 amide bonds. The highest BCUT2D eigenvalue weighted by molar-refractivity contribution is 5.75. The maximum atomic E-state index is 13.2. The summed E-state index contributed by atoms with van der Waals surface area (Å²) in [5.41, 5.74) is 0. The van der Waals surface area contributed by atoms with Gasteiger partial charge in [-0.15, -0.1) is 0 Å². The van der Waals surface area contributed by atoms with Gasteiger partial charge in [0.2, 0.25) is 5.91 Å². The summed E-state index contributed by atoms with van der Waals surface area (Å²) < 4.78 is 18.5. The van der Waals surface area contributed by atoms with Gasteiger partial charge >= 0.3 is 0 Å². The van der Waals surface area contributed by atoms with E-state index in [2.05, 4.69) is 5.32 Å². The fourth-order valence-electron chi connectivity index (χ4n) is 3.63. The average Bonchev–Trinajstić information content (AvgIpc) is 2.99. The van der Waals surface area contributed by atoms with E-state index in [0.29, 0.717) is 25.0 Å². The molecule has 30 heavy (non-hydrogen) atoms. The summed E-state index contributed by atoms with van der Waals surface area (Å²) in [4.78, 5) is 11.2. The maximum absolute atomic E-state index is 13.2. The van der Waals surface area contributed by atoms with Crippen LogP contribution in [0.2, 0.25) is 0 Å². The van der Waals surface area contributed by atoms with E-state index in [9.17, 15) is 24.5 Å². The Balaban J connectivity index is 1.81. The van der Waals surface area contributed by atoms with E-state index < -0.39 is 24.1 Å². The number of carbonyl (C=O) groups is 1. The van der Waals surface area contributed by atoms with Gasteiger partial charge in [-0.3, -0.25) is 4.79 Å². The molecule has 1 aromatic rings. The third-order valence-electron chi connectivity index (χ3n) is 5.32. The molecule has 0 spiro atoms. The average molecular weight is 422 g/mol. The number of aliphatic hydroxyl groups excluding tert-OH is 3. The van der Waals surface area contributed by atoms with Crippen LogP contribution in [0.3, 0.4) is 0 Å². The standard InChI is InChI=1S/C23H32FNO5/c1-25-23(29)10-5-3-2-4-9-19-20(22(28)14-21(19)27)12-11-17(26)15-30-18-8-6-7-16(24)13-18/h2,4,6-8,11-13,17,19-22,26-28H,3,5,9-10,14-15H2,1H3,(H,25,29). The first-order valence-corrected chi connectivity index (χ1v) is 10.4. The van der Waals surface area contributed by atoms with E-state index in [0.717, 1.165) is 12.8 Å². The molecule has 2 rings (SSSR count). The number of hydrogen-bond acceptors (Lipinski definition) is 5. The van der Waals surface area contributed by atoms with Gasteiger partial charge in [-0.1, -0.05) is 30.4 Å². The molecule has 7 heteroatoms. The zero-order valence-electron chi connectivity index (χ0n) is 17.3. The Hall–Kier alpha value is -2.22. The molecule has 0 aromatic heterocycles. The summed E-state index contributed by atoms with van der Waals surface area (Å²) in [5.74, 6) is -0.492. The number of halogens is 1. The second-order valence-electron chi connectivity index (χ2n) is 7.60. The molecule has 1 aromatic carbocycles. The Morgan fingerprint density at radius 3 is 2.87 bits per heavy atom. The Morgan fingerprint density at radius 1 is 1.33 bits per heavy atom. The lowest BCUT2D eigenvalue weighted by Crippen LogP contribution is -2.21. The van der Waals surface area contributed by atoms with Crippen molar-refractivity contribution in [3.63, 3.8) is 0 Å². The third kappa shape index (κ3) is 7.89. The van der Waals surface area contributed by atoms with Crippen molar-refractivity contribution in [1.82, 2.24) is 5.32 Å². The van der Waals surface area contributed by atoms with E-state index in [1.165, 1.54) is 18.2 Å². The van der Waals surface area contributed by atoms with Crippen molar-refractivity contribution in [2.24, 2.45) is 11.8 Å². The summed E-state index contributed by atoms with van der Waals surface area (Å²) in [6, 6.07) is 5.69. The molecule has 166 valence electrons. The van der Waals surface area contributed by atoms with Crippen molar-refractivity contribution in [2.75, 3.05) is 13.7 Å².